The zero-order chi connectivity index (χ0) is 19.2. The summed E-state index contributed by atoms with van der Waals surface area (Å²) in [7, 11) is -3.07. The Morgan fingerprint density at radius 2 is 1.96 bits per heavy atom. The Kier molecular flexibility index (Phi) is 7.22. The average Bonchev–Trinajstić information content (AvgIpc) is 2.55. The third-order valence-electron chi connectivity index (χ3n) is 3.82. The van der Waals surface area contributed by atoms with Crippen LogP contribution in [0.2, 0.25) is 0 Å². The Bertz CT molecular complexity index is 939. The minimum Gasteiger partial charge on any atom is -0.370 e. The van der Waals surface area contributed by atoms with Gasteiger partial charge in [-0.05, 0) is 25.0 Å². The van der Waals surface area contributed by atoms with Crippen molar-refractivity contribution in [2.45, 2.75) is 37.4 Å². The number of primary amides is 1. The van der Waals surface area contributed by atoms with E-state index in [9.17, 15) is 18.0 Å². The molecule has 1 heterocycles. The maximum absolute atomic E-state index is 12.8. The van der Waals surface area contributed by atoms with Gasteiger partial charge in [0.15, 0.2) is 5.16 Å². The molecule has 0 atom stereocenters. The van der Waals surface area contributed by atoms with Crippen molar-refractivity contribution in [2.24, 2.45) is 5.73 Å². The lowest BCUT2D eigenvalue weighted by Crippen LogP contribution is -2.24. The van der Waals surface area contributed by atoms with Crippen molar-refractivity contribution in [3.8, 4) is 0 Å². The first-order chi connectivity index (χ1) is 12.3. The lowest BCUT2D eigenvalue weighted by Gasteiger charge is -2.13. The Balaban J connectivity index is 2.20. The van der Waals surface area contributed by atoms with Gasteiger partial charge in [0.05, 0.1) is 16.7 Å². The van der Waals surface area contributed by atoms with E-state index in [1.54, 1.807) is 22.8 Å². The van der Waals surface area contributed by atoms with Gasteiger partial charge >= 0.3 is 0 Å². The molecule has 0 saturated heterocycles. The van der Waals surface area contributed by atoms with Crippen molar-refractivity contribution in [3.05, 3.63) is 34.6 Å². The van der Waals surface area contributed by atoms with Gasteiger partial charge in [0, 0.05) is 25.0 Å². The monoisotopic (exact) mass is 397 g/mol. The molecule has 0 bridgehead atoms. The summed E-state index contributed by atoms with van der Waals surface area (Å²) in [5, 5.41) is 1.06. The zero-order valence-corrected chi connectivity index (χ0v) is 16.3. The molecule has 0 fully saturated rings. The molecule has 1 amide bonds. The summed E-state index contributed by atoms with van der Waals surface area (Å²) >= 11 is 1.27. The predicted molar refractivity (Wildman–Crippen MR) is 104 cm³/mol. The molecule has 0 aliphatic heterocycles. The molecule has 26 heavy (non-hydrogen) atoms. The van der Waals surface area contributed by atoms with Gasteiger partial charge in [-0.2, -0.15) is 0 Å². The number of thioether (sulfide) groups is 1. The van der Waals surface area contributed by atoms with Crippen molar-refractivity contribution in [2.75, 3.05) is 17.8 Å². The number of fused-ring (bicyclic) bond motifs is 1. The van der Waals surface area contributed by atoms with Crippen molar-refractivity contribution in [1.29, 1.82) is 0 Å². The van der Waals surface area contributed by atoms with Crippen LogP contribution in [0.4, 0.5) is 0 Å². The number of aromatic nitrogens is 2. The Hall–Kier alpha value is -1.87. The average molecular weight is 398 g/mol. The molecule has 0 unspecified atom stereocenters. The van der Waals surface area contributed by atoms with Crippen molar-refractivity contribution < 1.29 is 13.2 Å². The summed E-state index contributed by atoms with van der Waals surface area (Å²) in [6.07, 6.45) is 3.69. The molecule has 1 aromatic carbocycles. The lowest BCUT2D eigenvalue weighted by atomic mass is 10.2. The van der Waals surface area contributed by atoms with E-state index < -0.39 is 9.84 Å². The fourth-order valence-electron chi connectivity index (χ4n) is 2.49. The van der Waals surface area contributed by atoms with E-state index in [2.05, 4.69) is 4.98 Å². The number of nitrogens with zero attached hydrogens (tertiary/aromatic N) is 2. The second-order valence-electron chi connectivity index (χ2n) is 6.12. The molecular formula is C17H23N3O4S2. The number of unbranched alkanes of at least 4 members (excludes halogenated alkanes) is 2. The van der Waals surface area contributed by atoms with Crippen LogP contribution in [0.3, 0.4) is 0 Å². The molecule has 142 valence electrons. The number of hydrogen-bond donors (Lipinski definition) is 1. The topological polar surface area (TPSA) is 112 Å². The lowest BCUT2D eigenvalue weighted by molar-refractivity contribution is -0.118. The normalized spacial score (nSPS) is 11.7. The second kappa shape index (κ2) is 9.18. The van der Waals surface area contributed by atoms with Crippen LogP contribution in [0.1, 0.15) is 25.7 Å². The highest BCUT2D eigenvalue weighted by Crippen LogP contribution is 2.19. The zero-order valence-electron chi connectivity index (χ0n) is 14.7. The first-order valence-corrected chi connectivity index (χ1v) is 11.4. The highest BCUT2D eigenvalue weighted by atomic mass is 32.2. The molecule has 0 radical (unpaired) electrons. The first-order valence-electron chi connectivity index (χ1n) is 8.36. The van der Waals surface area contributed by atoms with Crippen molar-refractivity contribution in [3.63, 3.8) is 0 Å². The minimum atomic E-state index is -3.07. The maximum Gasteiger partial charge on any atom is 0.262 e. The standard InChI is InChI=1S/C17H23N3O4S2/c1-26(23,24)12-11-25-17-19-14-8-5-4-7-13(14)16(22)20(17)10-6-2-3-9-15(18)21/h4-5,7-8H,2-3,6,9-12H2,1H3,(H2,18,21). The SMILES string of the molecule is CS(=O)(=O)CCSc1nc2ccccc2c(=O)n1CCCCCC(N)=O. The maximum atomic E-state index is 12.8. The highest BCUT2D eigenvalue weighted by Gasteiger charge is 2.12. The largest absolute Gasteiger partial charge is 0.370 e. The van der Waals surface area contributed by atoms with Crippen molar-refractivity contribution >= 4 is 38.4 Å². The van der Waals surface area contributed by atoms with Crippen molar-refractivity contribution in [1.82, 2.24) is 9.55 Å². The number of hydrogen-bond acceptors (Lipinski definition) is 6. The van der Waals surface area contributed by atoms with Gasteiger partial charge in [-0.25, -0.2) is 13.4 Å². The molecule has 0 spiro atoms. The molecule has 9 heteroatoms. The third kappa shape index (κ3) is 6.14. The highest BCUT2D eigenvalue weighted by molar-refractivity contribution is 8.00. The van der Waals surface area contributed by atoms with Crippen LogP contribution >= 0.6 is 11.8 Å². The predicted octanol–water partition coefficient (Wildman–Crippen LogP) is 1.58. The molecule has 7 nitrogen and oxygen atoms in total. The number of benzene rings is 1. The minimum absolute atomic E-state index is 0.0268. The van der Waals surface area contributed by atoms with Gasteiger partial charge in [0.1, 0.15) is 9.84 Å². The number of carbonyl (C=O) groups is 1. The number of para-hydroxylation sites is 1. The Morgan fingerprint density at radius 1 is 1.23 bits per heavy atom. The molecule has 0 saturated carbocycles. The Morgan fingerprint density at radius 3 is 2.65 bits per heavy atom. The fraction of sp³-hybridized carbons (Fsp3) is 0.471. The van der Waals surface area contributed by atoms with Crippen LogP contribution in [0, 0.1) is 0 Å². The van der Waals surface area contributed by atoms with Crippen LogP contribution in [0.25, 0.3) is 10.9 Å². The summed E-state index contributed by atoms with van der Waals surface area (Å²) in [5.74, 6) is 0.0381. The van der Waals surface area contributed by atoms with E-state index in [-0.39, 0.29) is 17.2 Å². The van der Waals surface area contributed by atoms with Gasteiger partial charge in [0.2, 0.25) is 5.91 Å². The quantitative estimate of drug-likeness (QED) is 0.370. The van der Waals surface area contributed by atoms with E-state index in [1.165, 1.54) is 18.0 Å². The van der Waals surface area contributed by atoms with Crippen LogP contribution in [-0.2, 0) is 21.2 Å². The number of carbonyl (C=O) groups excluding carboxylic acids is 1. The molecule has 0 aliphatic carbocycles. The summed E-state index contributed by atoms with van der Waals surface area (Å²) < 4.78 is 24.3. The molecular weight excluding hydrogens is 374 g/mol. The van der Waals surface area contributed by atoms with Crippen LogP contribution in [-0.4, -0.2) is 41.6 Å². The molecule has 1 aromatic heterocycles. The number of amides is 1. The molecule has 2 aromatic rings. The molecule has 0 aliphatic rings. The van der Waals surface area contributed by atoms with Crippen LogP contribution in [0.15, 0.2) is 34.2 Å². The van der Waals surface area contributed by atoms with Gasteiger partial charge in [-0.15, -0.1) is 0 Å². The van der Waals surface area contributed by atoms with E-state index in [0.717, 1.165) is 6.42 Å². The first kappa shape index (κ1) is 20.4. The van der Waals surface area contributed by atoms with E-state index >= 15 is 0 Å². The summed E-state index contributed by atoms with van der Waals surface area (Å²) in [6, 6.07) is 7.11. The molecule has 2 N–H and O–H groups in total. The number of rotatable bonds is 10. The fourth-order valence-corrected chi connectivity index (χ4v) is 4.71. The third-order valence-corrected chi connectivity index (χ3v) is 6.00. The van der Waals surface area contributed by atoms with Gasteiger partial charge in [-0.3, -0.25) is 14.2 Å². The smallest absolute Gasteiger partial charge is 0.262 e. The Labute approximate surface area is 156 Å². The van der Waals surface area contributed by atoms with Gasteiger partial charge < -0.3 is 5.73 Å². The summed E-state index contributed by atoms with van der Waals surface area (Å²) in [6.45, 7) is 0.469. The van der Waals surface area contributed by atoms with E-state index in [0.29, 0.717) is 47.6 Å². The summed E-state index contributed by atoms with van der Waals surface area (Å²) in [4.78, 5) is 28.1. The van der Waals surface area contributed by atoms with Gasteiger partial charge in [-0.1, -0.05) is 30.3 Å². The van der Waals surface area contributed by atoms with Crippen LogP contribution in [0.5, 0.6) is 0 Å². The molecule has 2 rings (SSSR count). The van der Waals surface area contributed by atoms with E-state index in [1.807, 2.05) is 6.07 Å². The summed E-state index contributed by atoms with van der Waals surface area (Å²) in [5.41, 5.74) is 5.60. The van der Waals surface area contributed by atoms with Gasteiger partial charge in [0.25, 0.3) is 5.56 Å². The second-order valence-corrected chi connectivity index (χ2v) is 9.45. The number of sulfone groups is 1. The number of nitrogens with two attached hydrogens (primary N) is 1. The van der Waals surface area contributed by atoms with E-state index in [4.69, 9.17) is 5.73 Å². The van der Waals surface area contributed by atoms with Crippen LogP contribution < -0.4 is 11.3 Å².